The van der Waals surface area contributed by atoms with Crippen LogP contribution in [-0.2, 0) is 10.4 Å². The summed E-state index contributed by atoms with van der Waals surface area (Å²) in [6.07, 6.45) is 47.8. The summed E-state index contributed by atoms with van der Waals surface area (Å²) in [5.74, 6) is 0. The number of nitrogens with zero attached hydrogens (tertiary/aromatic N) is 2. The van der Waals surface area contributed by atoms with Crippen LogP contribution in [-0.4, -0.2) is 104 Å². The lowest BCUT2D eigenvalue weighted by Gasteiger charge is -2.29. The molecule has 2 N–H and O–H groups in total. The van der Waals surface area contributed by atoms with Gasteiger partial charge in [-0.1, -0.05) is 194 Å². The molecule has 0 radical (unpaired) electrons. The minimum atomic E-state index is -5.17. The summed E-state index contributed by atoms with van der Waals surface area (Å²) >= 11 is 0. The Morgan fingerprint density at radius 1 is 0.327 bits per heavy atom. The third-order valence-corrected chi connectivity index (χ3v) is 11.1. The molecular weight excluding hydrogens is 709 g/mol. The number of quaternary nitrogens is 2. The van der Waals surface area contributed by atoms with Gasteiger partial charge in [0.25, 0.3) is 0 Å². The molecule has 0 aromatic carbocycles. The summed E-state index contributed by atoms with van der Waals surface area (Å²) in [6.45, 7) is 9.99. The highest BCUT2D eigenvalue weighted by Crippen LogP contribution is 2.16. The van der Waals surface area contributed by atoms with Crippen LogP contribution in [0.1, 0.15) is 232 Å². The van der Waals surface area contributed by atoms with Crippen molar-refractivity contribution >= 4 is 10.4 Å². The molecule has 0 amide bonds. The van der Waals surface area contributed by atoms with Crippen molar-refractivity contribution in [2.75, 3.05) is 67.6 Å². The molecule has 0 heterocycles. The van der Waals surface area contributed by atoms with Crippen molar-refractivity contribution in [1.29, 1.82) is 0 Å². The minimum absolute atomic E-state index is 0.334. The van der Waals surface area contributed by atoms with Crippen LogP contribution < -0.4 is 0 Å². The lowest BCUT2D eigenvalue weighted by Crippen LogP contribution is -2.41. The maximum absolute atomic E-state index is 8.93. The largest absolute Gasteiger partial charge is 0.759 e. The van der Waals surface area contributed by atoms with Crippen molar-refractivity contribution in [1.82, 2.24) is 0 Å². The van der Waals surface area contributed by atoms with Gasteiger partial charge in [0.15, 0.2) is 0 Å². The summed E-state index contributed by atoms with van der Waals surface area (Å²) in [4.78, 5) is 0. The van der Waals surface area contributed by atoms with Crippen molar-refractivity contribution in [3.8, 4) is 0 Å². The van der Waals surface area contributed by atoms with Crippen LogP contribution in [0.5, 0.6) is 0 Å². The fraction of sp³-hybridized carbons (Fsp3) is 1.00. The van der Waals surface area contributed by atoms with Crippen LogP contribution in [0.2, 0.25) is 0 Å². The van der Waals surface area contributed by atoms with Gasteiger partial charge in [-0.2, -0.15) is 0 Å². The molecule has 0 saturated heterocycles. The van der Waals surface area contributed by atoms with E-state index in [4.69, 9.17) is 27.7 Å². The summed E-state index contributed by atoms with van der Waals surface area (Å²) < 4.78 is 36.2. The second kappa shape index (κ2) is 44.8. The number of hydrogen-bond donors (Lipinski definition) is 2. The molecule has 0 saturated carbocycles. The van der Waals surface area contributed by atoms with Gasteiger partial charge in [-0.15, -0.1) is 0 Å². The monoisotopic (exact) mass is 809 g/mol. The smallest absolute Gasteiger partial charge is 0.0804 e. The van der Waals surface area contributed by atoms with Gasteiger partial charge in [-0.25, -0.2) is 0 Å². The lowest BCUT2D eigenvalue weighted by atomic mass is 10.0. The van der Waals surface area contributed by atoms with Crippen molar-refractivity contribution < 1.29 is 36.7 Å². The zero-order chi connectivity index (χ0) is 41.8. The maximum Gasteiger partial charge on any atom is 0.0804 e. The van der Waals surface area contributed by atoms with Crippen LogP contribution in [0.25, 0.3) is 0 Å². The van der Waals surface area contributed by atoms with E-state index in [-0.39, 0.29) is 0 Å². The number of rotatable bonds is 40. The van der Waals surface area contributed by atoms with Crippen LogP contribution >= 0.6 is 0 Å². The van der Waals surface area contributed by atoms with Crippen LogP contribution in [0.4, 0.5) is 0 Å². The lowest BCUT2D eigenvalue weighted by molar-refractivity contribution is -0.890. The second-order valence-electron chi connectivity index (χ2n) is 17.9. The predicted molar refractivity (Wildman–Crippen MR) is 237 cm³/mol. The maximum atomic E-state index is 8.93. The van der Waals surface area contributed by atoms with Gasteiger partial charge in [-0.3, -0.25) is 8.42 Å². The van der Waals surface area contributed by atoms with Gasteiger partial charge in [0.1, 0.15) is 0 Å². The topological polar surface area (TPSA) is 121 Å². The van der Waals surface area contributed by atoms with Crippen molar-refractivity contribution in [3.05, 3.63) is 0 Å². The Morgan fingerprint density at radius 2 is 0.473 bits per heavy atom. The minimum Gasteiger partial charge on any atom is -0.759 e. The molecule has 0 aliphatic rings. The molecule has 0 atom stereocenters. The summed E-state index contributed by atoms with van der Waals surface area (Å²) in [7, 11) is 4.00. The molecule has 0 aromatic heterocycles. The van der Waals surface area contributed by atoms with E-state index in [0.717, 1.165) is 34.9 Å². The SMILES string of the molecule is CCCCCCCCCCCCCCCCCC[N+](C)(C)CCCO.CCCCCCCCCCCCCCCCCC[N+](C)(C)CCCO.O=S(=O)([O-])[O-]. The molecule has 0 spiro atoms. The molecule has 9 heteroatoms. The van der Waals surface area contributed by atoms with Crippen LogP contribution in [0, 0.1) is 0 Å². The molecule has 0 bridgehead atoms. The molecular formula is C46H100N2O6S. The van der Waals surface area contributed by atoms with Crippen LogP contribution in [0.15, 0.2) is 0 Å². The van der Waals surface area contributed by atoms with E-state index in [1.165, 1.54) is 219 Å². The number of unbranched alkanes of at least 4 members (excludes halogenated alkanes) is 30. The second-order valence-corrected chi connectivity index (χ2v) is 18.8. The first-order valence-electron chi connectivity index (χ1n) is 23.8. The average Bonchev–Trinajstić information content (AvgIpc) is 3.12. The van der Waals surface area contributed by atoms with E-state index < -0.39 is 10.4 Å². The number of aliphatic hydroxyl groups is 2. The van der Waals surface area contributed by atoms with Crippen molar-refractivity contribution in [2.24, 2.45) is 0 Å². The summed E-state index contributed by atoms with van der Waals surface area (Å²) in [5, 5.41) is 17.9. The average molecular weight is 809 g/mol. The first-order chi connectivity index (χ1) is 26.2. The first-order valence-corrected chi connectivity index (χ1v) is 25.1. The summed E-state index contributed by atoms with van der Waals surface area (Å²) in [6, 6.07) is 0. The standard InChI is InChI=1S/2C23H50NO.H2O4S/c2*1-4-5-6-7-8-9-10-11-12-13-14-15-16-17-18-19-21-24(2,3)22-20-23-25;1-5(2,3)4/h2*25H,4-23H2,1-3H3;(H2,1,2,3,4)/q2*+1;/p-2. The molecule has 0 fully saturated rings. The Hall–Kier alpha value is -0.290. The number of hydrogen-bond acceptors (Lipinski definition) is 6. The van der Waals surface area contributed by atoms with E-state index in [9.17, 15) is 0 Å². The summed E-state index contributed by atoms with van der Waals surface area (Å²) in [5.41, 5.74) is 0. The van der Waals surface area contributed by atoms with Gasteiger partial charge in [0.05, 0.1) is 54.4 Å². The van der Waals surface area contributed by atoms with Gasteiger partial charge in [0, 0.05) is 36.5 Å². The fourth-order valence-electron chi connectivity index (χ4n) is 7.40. The Bertz CT molecular complexity index is 765. The molecule has 0 aromatic rings. The molecule has 0 aliphatic carbocycles. The van der Waals surface area contributed by atoms with E-state index in [0.29, 0.717) is 13.2 Å². The first kappa shape index (κ1) is 59.0. The van der Waals surface area contributed by atoms with E-state index >= 15 is 0 Å². The third-order valence-electron chi connectivity index (χ3n) is 11.1. The Labute approximate surface area is 345 Å². The van der Waals surface area contributed by atoms with Crippen molar-refractivity contribution in [3.63, 3.8) is 0 Å². The number of aliphatic hydroxyl groups excluding tert-OH is 2. The fourth-order valence-corrected chi connectivity index (χ4v) is 7.40. The normalized spacial score (nSPS) is 12.0. The quantitative estimate of drug-likeness (QED) is 0.0275. The molecule has 55 heavy (non-hydrogen) atoms. The van der Waals surface area contributed by atoms with E-state index in [2.05, 4.69) is 42.0 Å². The van der Waals surface area contributed by atoms with E-state index in [1.807, 2.05) is 0 Å². The van der Waals surface area contributed by atoms with Crippen LogP contribution in [0.3, 0.4) is 0 Å². The van der Waals surface area contributed by atoms with E-state index in [1.54, 1.807) is 0 Å². The zero-order valence-electron chi connectivity index (χ0n) is 38.1. The predicted octanol–water partition coefficient (Wildman–Crippen LogP) is 12.1. The molecule has 336 valence electrons. The highest BCUT2D eigenvalue weighted by Gasteiger charge is 2.14. The Kier molecular flexibility index (Phi) is 48.1. The van der Waals surface area contributed by atoms with Gasteiger partial charge in [0.2, 0.25) is 0 Å². The molecule has 8 nitrogen and oxygen atoms in total. The Balaban J connectivity index is -0.000000874. The van der Waals surface area contributed by atoms with Gasteiger partial charge >= 0.3 is 0 Å². The molecule has 0 aliphatic heterocycles. The highest BCUT2D eigenvalue weighted by molar-refractivity contribution is 7.79. The van der Waals surface area contributed by atoms with Gasteiger partial charge in [-0.05, 0) is 25.7 Å². The zero-order valence-corrected chi connectivity index (χ0v) is 38.9. The highest BCUT2D eigenvalue weighted by atomic mass is 32.3. The van der Waals surface area contributed by atoms with Crippen molar-refractivity contribution in [2.45, 2.75) is 232 Å². The Morgan fingerprint density at radius 3 is 0.636 bits per heavy atom. The molecule has 0 rings (SSSR count). The third kappa shape index (κ3) is 63.1. The molecule has 0 unspecified atom stereocenters. The van der Waals surface area contributed by atoms with Gasteiger partial charge < -0.3 is 28.3 Å².